The average Bonchev–Trinajstić information content (AvgIpc) is 3.13. The van der Waals surface area contributed by atoms with Crippen LogP contribution in [0.1, 0.15) is 25.1 Å². The van der Waals surface area contributed by atoms with E-state index in [1.54, 1.807) is 24.3 Å². The fraction of sp³-hybridized carbons (Fsp3) is 0.238. The van der Waals surface area contributed by atoms with Gasteiger partial charge < -0.3 is 5.32 Å². The van der Waals surface area contributed by atoms with Crippen molar-refractivity contribution in [3.05, 3.63) is 71.0 Å². The van der Waals surface area contributed by atoms with Gasteiger partial charge in [-0.05, 0) is 29.9 Å². The third-order valence-corrected chi connectivity index (χ3v) is 5.55. The second-order valence-corrected chi connectivity index (χ2v) is 8.54. The Morgan fingerprint density at radius 2 is 1.96 bits per heavy atom. The number of thioether (sulfide) groups is 1. The Labute approximate surface area is 168 Å². The van der Waals surface area contributed by atoms with Gasteiger partial charge in [-0.1, -0.05) is 50.2 Å². The molecule has 2 aromatic carbocycles. The fourth-order valence-corrected chi connectivity index (χ4v) is 3.72. The van der Waals surface area contributed by atoms with Crippen molar-refractivity contribution in [3.63, 3.8) is 0 Å². The van der Waals surface area contributed by atoms with Crippen LogP contribution >= 0.6 is 23.1 Å². The normalized spacial score (nSPS) is 10.3. The van der Waals surface area contributed by atoms with Crippen molar-refractivity contribution in [2.24, 2.45) is 0 Å². The van der Waals surface area contributed by atoms with Gasteiger partial charge in [0.1, 0.15) is 10.8 Å². The minimum atomic E-state index is -0.405. The highest BCUT2D eigenvalue weighted by molar-refractivity contribution is 7.99. The molecule has 142 valence electrons. The lowest BCUT2D eigenvalue weighted by Crippen LogP contribution is -1.96. The zero-order valence-electron chi connectivity index (χ0n) is 15.6. The standard InChI is InChI=1S/C13H15NS2.C8H8FNO/c1-10(2)15-8-12-9-16-13(14-12)11-6-4-3-5-7-11;1-6-2-3-8(10-5-11)7(9)4-6/h3-7,9-10H,8H2,1-2H3;2-5H,1H3,(H,10,11). The second-order valence-electron chi connectivity index (χ2n) is 6.12. The topological polar surface area (TPSA) is 42.0 Å². The molecule has 0 spiro atoms. The van der Waals surface area contributed by atoms with Crippen LogP contribution in [0, 0.1) is 12.7 Å². The van der Waals surface area contributed by atoms with Gasteiger partial charge in [0.05, 0.1) is 11.4 Å². The number of carbonyl (C=O) groups excluding carboxylic acids is 1. The number of amides is 1. The summed E-state index contributed by atoms with van der Waals surface area (Å²) in [5, 5.41) is 6.21. The number of aryl methyl sites for hydroxylation is 1. The summed E-state index contributed by atoms with van der Waals surface area (Å²) in [6.45, 7) is 6.22. The molecule has 0 bridgehead atoms. The molecule has 0 aliphatic heterocycles. The molecule has 0 radical (unpaired) electrons. The van der Waals surface area contributed by atoms with Gasteiger partial charge in [0, 0.05) is 16.7 Å². The van der Waals surface area contributed by atoms with Gasteiger partial charge in [0.25, 0.3) is 0 Å². The molecule has 3 nitrogen and oxygen atoms in total. The second kappa shape index (κ2) is 10.8. The monoisotopic (exact) mass is 402 g/mol. The molecule has 27 heavy (non-hydrogen) atoms. The molecule has 0 aliphatic rings. The lowest BCUT2D eigenvalue weighted by Gasteiger charge is -2.00. The van der Waals surface area contributed by atoms with E-state index in [4.69, 9.17) is 0 Å². The van der Waals surface area contributed by atoms with E-state index < -0.39 is 5.82 Å². The number of nitrogens with one attached hydrogen (secondary N) is 1. The summed E-state index contributed by atoms with van der Waals surface area (Å²) in [6.07, 6.45) is 0.452. The van der Waals surface area contributed by atoms with E-state index in [1.165, 1.54) is 23.4 Å². The number of hydrogen-bond acceptors (Lipinski definition) is 4. The van der Waals surface area contributed by atoms with E-state index in [-0.39, 0.29) is 5.69 Å². The van der Waals surface area contributed by atoms with Crippen molar-refractivity contribution in [1.29, 1.82) is 0 Å². The summed E-state index contributed by atoms with van der Waals surface area (Å²) in [7, 11) is 0. The summed E-state index contributed by atoms with van der Waals surface area (Å²) in [5.74, 6) is 0.609. The van der Waals surface area contributed by atoms with Gasteiger partial charge in [-0.2, -0.15) is 11.8 Å². The van der Waals surface area contributed by atoms with Crippen LogP contribution in [0.3, 0.4) is 0 Å². The Kier molecular flexibility index (Phi) is 8.48. The Morgan fingerprint density at radius 3 is 2.59 bits per heavy atom. The first-order chi connectivity index (χ1) is 13.0. The average molecular weight is 403 g/mol. The number of carbonyl (C=O) groups is 1. The highest BCUT2D eigenvalue weighted by Gasteiger charge is 2.05. The van der Waals surface area contributed by atoms with Gasteiger partial charge in [0.2, 0.25) is 6.41 Å². The van der Waals surface area contributed by atoms with E-state index in [2.05, 4.69) is 53.8 Å². The van der Waals surface area contributed by atoms with E-state index in [0.29, 0.717) is 11.7 Å². The van der Waals surface area contributed by atoms with Crippen molar-refractivity contribution >= 4 is 35.2 Å². The summed E-state index contributed by atoms with van der Waals surface area (Å²) in [5.41, 5.74) is 3.46. The number of rotatable bonds is 6. The van der Waals surface area contributed by atoms with Gasteiger partial charge >= 0.3 is 0 Å². The van der Waals surface area contributed by atoms with Gasteiger partial charge in [-0.15, -0.1) is 11.3 Å². The molecular weight excluding hydrogens is 379 g/mol. The van der Waals surface area contributed by atoms with Crippen LogP contribution in [0.2, 0.25) is 0 Å². The van der Waals surface area contributed by atoms with Crippen LogP contribution < -0.4 is 5.32 Å². The molecule has 0 saturated heterocycles. The van der Waals surface area contributed by atoms with Gasteiger partial charge in [-0.25, -0.2) is 9.37 Å². The molecule has 3 rings (SSSR count). The fourth-order valence-electron chi connectivity index (χ4n) is 2.14. The lowest BCUT2D eigenvalue weighted by atomic mass is 10.2. The third kappa shape index (κ3) is 7.15. The van der Waals surface area contributed by atoms with Gasteiger partial charge in [-0.3, -0.25) is 4.79 Å². The number of nitrogens with zero attached hydrogens (tertiary/aromatic N) is 1. The number of anilines is 1. The minimum absolute atomic E-state index is 0.214. The Balaban J connectivity index is 0.000000208. The molecular formula is C21H23FN2OS2. The van der Waals surface area contributed by atoms with Crippen LogP contribution in [-0.4, -0.2) is 16.6 Å². The maximum Gasteiger partial charge on any atom is 0.211 e. The van der Waals surface area contributed by atoms with E-state index in [0.717, 1.165) is 16.3 Å². The molecule has 3 aromatic rings. The van der Waals surface area contributed by atoms with Crippen molar-refractivity contribution < 1.29 is 9.18 Å². The van der Waals surface area contributed by atoms with E-state index in [9.17, 15) is 9.18 Å². The molecule has 1 heterocycles. The summed E-state index contributed by atoms with van der Waals surface area (Å²) in [6, 6.07) is 15.0. The molecule has 1 amide bonds. The maximum absolute atomic E-state index is 12.8. The van der Waals surface area contributed by atoms with E-state index >= 15 is 0 Å². The highest BCUT2D eigenvalue weighted by atomic mass is 32.2. The van der Waals surface area contributed by atoms with E-state index in [1.807, 2.05) is 17.8 Å². The number of benzene rings is 2. The predicted octanol–water partition coefficient (Wildman–Crippen LogP) is 6.15. The first kappa shape index (κ1) is 21.1. The zero-order chi connectivity index (χ0) is 19.6. The SMILES string of the molecule is CC(C)SCc1csc(-c2ccccc2)n1.Cc1ccc(NC=O)c(F)c1. The van der Waals surface area contributed by atoms with Crippen LogP contribution in [0.4, 0.5) is 10.1 Å². The molecule has 6 heteroatoms. The van der Waals surface area contributed by atoms with Crippen LogP contribution in [0.5, 0.6) is 0 Å². The summed E-state index contributed by atoms with van der Waals surface area (Å²) in [4.78, 5) is 14.6. The van der Waals surface area contributed by atoms with Crippen LogP contribution in [0.15, 0.2) is 53.9 Å². The molecule has 0 atom stereocenters. The molecule has 1 N–H and O–H groups in total. The van der Waals surface area contributed by atoms with Crippen LogP contribution in [0.25, 0.3) is 10.6 Å². The third-order valence-electron chi connectivity index (χ3n) is 3.48. The summed E-state index contributed by atoms with van der Waals surface area (Å²) < 4.78 is 12.8. The predicted molar refractivity (Wildman–Crippen MR) is 115 cm³/mol. The first-order valence-electron chi connectivity index (χ1n) is 8.57. The number of hydrogen-bond donors (Lipinski definition) is 1. The number of halogens is 1. The van der Waals surface area contributed by atoms with Crippen molar-refractivity contribution in [3.8, 4) is 10.6 Å². The zero-order valence-corrected chi connectivity index (χ0v) is 17.2. The Bertz CT molecular complexity index is 850. The van der Waals surface area contributed by atoms with Gasteiger partial charge in [0.15, 0.2) is 0 Å². The first-order valence-corrected chi connectivity index (χ1v) is 10.5. The molecule has 0 saturated carbocycles. The quantitative estimate of drug-likeness (QED) is 0.503. The maximum atomic E-state index is 12.8. The van der Waals surface area contributed by atoms with Crippen molar-refractivity contribution in [2.45, 2.75) is 31.8 Å². The number of aromatic nitrogens is 1. The van der Waals surface area contributed by atoms with Crippen molar-refractivity contribution in [2.75, 3.05) is 5.32 Å². The Hall–Kier alpha value is -2.18. The Morgan fingerprint density at radius 1 is 1.22 bits per heavy atom. The smallest absolute Gasteiger partial charge is 0.211 e. The lowest BCUT2D eigenvalue weighted by molar-refractivity contribution is -0.105. The molecule has 1 aromatic heterocycles. The highest BCUT2D eigenvalue weighted by Crippen LogP contribution is 2.26. The van der Waals surface area contributed by atoms with Crippen LogP contribution in [-0.2, 0) is 10.5 Å². The molecule has 0 fully saturated rings. The largest absolute Gasteiger partial charge is 0.326 e. The number of thiazole rings is 1. The summed E-state index contributed by atoms with van der Waals surface area (Å²) >= 11 is 3.67. The van der Waals surface area contributed by atoms with Crippen molar-refractivity contribution in [1.82, 2.24) is 4.98 Å². The molecule has 0 unspecified atom stereocenters. The molecule has 0 aliphatic carbocycles. The minimum Gasteiger partial charge on any atom is -0.326 e.